The van der Waals surface area contributed by atoms with Gasteiger partial charge in [0.2, 0.25) is 0 Å². The predicted molar refractivity (Wildman–Crippen MR) is 76.5 cm³/mol. The largest absolute Gasteiger partial charge is 0.326 e. The van der Waals surface area contributed by atoms with Gasteiger partial charge in [0.1, 0.15) is 5.82 Å². The molecule has 0 saturated heterocycles. The molecular formula is C15H21F2N3. The Hall–Kier alpha value is -1.49. The summed E-state index contributed by atoms with van der Waals surface area (Å²) in [5.74, 6) is -0.505. The van der Waals surface area contributed by atoms with Crippen molar-refractivity contribution >= 4 is 11.0 Å². The zero-order valence-corrected chi connectivity index (χ0v) is 12.4. The van der Waals surface area contributed by atoms with Crippen molar-refractivity contribution in [2.45, 2.75) is 46.2 Å². The Balaban J connectivity index is 2.61. The number of nitrogens with two attached hydrogens (primary N) is 1. The van der Waals surface area contributed by atoms with E-state index in [-0.39, 0.29) is 0 Å². The number of nitrogens with zero attached hydrogens (tertiary/aromatic N) is 2. The molecule has 1 aromatic carbocycles. The SMILES string of the molecule is CC(C)Cc1nc2cc(F)c(F)cc2n1CC(C)(C)N. The van der Waals surface area contributed by atoms with Gasteiger partial charge in [-0.2, -0.15) is 0 Å². The van der Waals surface area contributed by atoms with E-state index in [9.17, 15) is 8.78 Å². The highest BCUT2D eigenvalue weighted by Gasteiger charge is 2.20. The fourth-order valence-electron chi connectivity index (χ4n) is 2.27. The van der Waals surface area contributed by atoms with Crippen LogP contribution in [0.5, 0.6) is 0 Å². The molecule has 2 N–H and O–H groups in total. The van der Waals surface area contributed by atoms with Crippen LogP contribution < -0.4 is 5.73 Å². The summed E-state index contributed by atoms with van der Waals surface area (Å²) in [6.07, 6.45) is 0.744. The van der Waals surface area contributed by atoms with Crippen LogP contribution in [0.1, 0.15) is 33.5 Å². The van der Waals surface area contributed by atoms with E-state index in [0.29, 0.717) is 23.5 Å². The molecule has 0 fully saturated rings. The van der Waals surface area contributed by atoms with Crippen molar-refractivity contribution in [3.05, 3.63) is 29.6 Å². The third-order valence-electron chi connectivity index (χ3n) is 3.03. The highest BCUT2D eigenvalue weighted by atomic mass is 19.2. The van der Waals surface area contributed by atoms with Gasteiger partial charge in [-0.25, -0.2) is 13.8 Å². The standard InChI is InChI=1S/C15H21F2N3/c1-9(2)5-14-19-12-6-10(16)11(17)7-13(12)20(14)8-15(3,4)18/h6-7,9H,5,8,18H2,1-4H3. The van der Waals surface area contributed by atoms with Crippen LogP contribution in [-0.4, -0.2) is 15.1 Å². The maximum Gasteiger partial charge on any atom is 0.161 e. The van der Waals surface area contributed by atoms with Gasteiger partial charge >= 0.3 is 0 Å². The van der Waals surface area contributed by atoms with E-state index in [1.807, 2.05) is 18.4 Å². The van der Waals surface area contributed by atoms with Gasteiger partial charge in [0.15, 0.2) is 11.6 Å². The molecule has 1 aromatic heterocycles. The zero-order chi connectivity index (χ0) is 15.1. The smallest absolute Gasteiger partial charge is 0.161 e. The van der Waals surface area contributed by atoms with Crippen LogP contribution in [0.2, 0.25) is 0 Å². The maximum atomic E-state index is 13.5. The van der Waals surface area contributed by atoms with Crippen molar-refractivity contribution in [2.75, 3.05) is 0 Å². The van der Waals surface area contributed by atoms with Crippen molar-refractivity contribution < 1.29 is 8.78 Å². The lowest BCUT2D eigenvalue weighted by Crippen LogP contribution is -2.37. The van der Waals surface area contributed by atoms with Crippen LogP contribution in [0.15, 0.2) is 12.1 Å². The quantitative estimate of drug-likeness (QED) is 0.935. The molecule has 0 bridgehead atoms. The summed E-state index contributed by atoms with van der Waals surface area (Å²) in [7, 11) is 0. The Kier molecular flexibility index (Phi) is 3.82. The van der Waals surface area contributed by atoms with Gasteiger partial charge in [0, 0.05) is 30.6 Å². The first-order valence-electron chi connectivity index (χ1n) is 6.80. The average Bonchev–Trinajstić information content (AvgIpc) is 2.55. The summed E-state index contributed by atoms with van der Waals surface area (Å²) in [5.41, 5.74) is 6.69. The molecule has 1 heterocycles. The van der Waals surface area contributed by atoms with Crippen LogP contribution in [0.3, 0.4) is 0 Å². The summed E-state index contributed by atoms with van der Waals surface area (Å²) in [4.78, 5) is 4.44. The van der Waals surface area contributed by atoms with Crippen molar-refractivity contribution in [3.8, 4) is 0 Å². The second-order valence-corrected chi connectivity index (χ2v) is 6.46. The molecule has 20 heavy (non-hydrogen) atoms. The molecule has 110 valence electrons. The van der Waals surface area contributed by atoms with Crippen LogP contribution in [0.4, 0.5) is 8.78 Å². The topological polar surface area (TPSA) is 43.8 Å². The Bertz CT molecular complexity index is 624. The summed E-state index contributed by atoms with van der Waals surface area (Å²) >= 11 is 0. The average molecular weight is 281 g/mol. The molecule has 0 aliphatic rings. The van der Waals surface area contributed by atoms with Crippen molar-refractivity contribution in [1.29, 1.82) is 0 Å². The Morgan fingerprint density at radius 1 is 1.25 bits per heavy atom. The summed E-state index contributed by atoms with van der Waals surface area (Å²) in [6, 6.07) is 2.35. The van der Waals surface area contributed by atoms with Crippen LogP contribution in [0.25, 0.3) is 11.0 Å². The van der Waals surface area contributed by atoms with E-state index >= 15 is 0 Å². The monoisotopic (exact) mass is 281 g/mol. The molecule has 0 aliphatic heterocycles. The first-order valence-corrected chi connectivity index (χ1v) is 6.80. The number of imidazole rings is 1. The summed E-state index contributed by atoms with van der Waals surface area (Å²) in [6.45, 7) is 8.48. The number of benzene rings is 1. The van der Waals surface area contributed by atoms with Crippen LogP contribution >= 0.6 is 0 Å². The number of hydrogen-bond acceptors (Lipinski definition) is 2. The first kappa shape index (κ1) is 14.9. The fourth-order valence-corrected chi connectivity index (χ4v) is 2.27. The van der Waals surface area contributed by atoms with E-state index in [1.165, 1.54) is 6.07 Å². The van der Waals surface area contributed by atoms with Crippen molar-refractivity contribution in [1.82, 2.24) is 9.55 Å². The molecule has 2 rings (SSSR count). The lowest BCUT2D eigenvalue weighted by atomic mass is 10.1. The normalized spacial score (nSPS) is 12.6. The third-order valence-corrected chi connectivity index (χ3v) is 3.03. The Morgan fingerprint density at radius 3 is 2.40 bits per heavy atom. The number of fused-ring (bicyclic) bond motifs is 1. The van der Waals surface area contributed by atoms with Crippen molar-refractivity contribution in [2.24, 2.45) is 11.7 Å². The number of hydrogen-bond donors (Lipinski definition) is 1. The van der Waals surface area contributed by atoms with Gasteiger partial charge in [-0.15, -0.1) is 0 Å². The minimum atomic E-state index is -0.870. The molecule has 2 aromatic rings. The minimum absolute atomic E-state index is 0.404. The molecule has 0 aliphatic carbocycles. The van der Waals surface area contributed by atoms with Gasteiger partial charge in [-0.1, -0.05) is 13.8 Å². The van der Waals surface area contributed by atoms with Crippen LogP contribution in [-0.2, 0) is 13.0 Å². The minimum Gasteiger partial charge on any atom is -0.326 e. The van der Waals surface area contributed by atoms with Gasteiger partial charge in [-0.05, 0) is 19.8 Å². The molecule has 0 unspecified atom stereocenters. The third kappa shape index (κ3) is 3.15. The lowest BCUT2D eigenvalue weighted by Gasteiger charge is -2.21. The van der Waals surface area contributed by atoms with E-state index < -0.39 is 17.2 Å². The zero-order valence-electron chi connectivity index (χ0n) is 12.4. The Labute approximate surface area is 117 Å². The molecule has 5 heteroatoms. The Morgan fingerprint density at radius 2 is 1.85 bits per heavy atom. The summed E-state index contributed by atoms with van der Waals surface area (Å²) < 4.78 is 28.7. The molecule has 0 spiro atoms. The van der Waals surface area contributed by atoms with Gasteiger partial charge < -0.3 is 10.3 Å². The van der Waals surface area contributed by atoms with E-state index in [4.69, 9.17) is 5.73 Å². The molecule has 0 atom stereocenters. The van der Waals surface area contributed by atoms with E-state index in [0.717, 1.165) is 18.3 Å². The van der Waals surface area contributed by atoms with E-state index in [2.05, 4.69) is 18.8 Å². The molecular weight excluding hydrogens is 260 g/mol. The first-order chi connectivity index (χ1) is 9.17. The second-order valence-electron chi connectivity index (χ2n) is 6.46. The highest BCUT2D eigenvalue weighted by Crippen LogP contribution is 2.23. The van der Waals surface area contributed by atoms with Gasteiger partial charge in [0.05, 0.1) is 11.0 Å². The second kappa shape index (κ2) is 5.13. The molecule has 0 saturated carbocycles. The predicted octanol–water partition coefficient (Wildman–Crippen LogP) is 3.25. The molecule has 0 radical (unpaired) electrons. The van der Waals surface area contributed by atoms with Gasteiger partial charge in [-0.3, -0.25) is 0 Å². The summed E-state index contributed by atoms with van der Waals surface area (Å²) in [5, 5.41) is 0. The lowest BCUT2D eigenvalue weighted by molar-refractivity contribution is 0.425. The molecule has 3 nitrogen and oxygen atoms in total. The fraction of sp³-hybridized carbons (Fsp3) is 0.533. The molecule has 0 amide bonds. The highest BCUT2D eigenvalue weighted by molar-refractivity contribution is 5.76. The van der Waals surface area contributed by atoms with Gasteiger partial charge in [0.25, 0.3) is 0 Å². The van der Waals surface area contributed by atoms with Crippen molar-refractivity contribution in [3.63, 3.8) is 0 Å². The van der Waals surface area contributed by atoms with Crippen LogP contribution in [0, 0.1) is 17.6 Å². The van der Waals surface area contributed by atoms with E-state index in [1.54, 1.807) is 0 Å². The number of rotatable bonds is 4. The number of halogens is 2. The number of aromatic nitrogens is 2. The maximum absolute atomic E-state index is 13.5.